The predicted molar refractivity (Wildman–Crippen MR) is 156 cm³/mol. The molecular formula is C29H40N6O6. The van der Waals surface area contributed by atoms with E-state index >= 15 is 0 Å². The van der Waals surface area contributed by atoms with Gasteiger partial charge in [0.2, 0.25) is 5.95 Å². The Morgan fingerprint density at radius 2 is 1.37 bits per heavy atom. The Morgan fingerprint density at radius 3 is 1.93 bits per heavy atom. The highest BCUT2D eigenvalue weighted by Crippen LogP contribution is 2.23. The van der Waals surface area contributed by atoms with Crippen molar-refractivity contribution >= 4 is 40.8 Å². The molecule has 2 aromatic heterocycles. The number of aromatic nitrogens is 3. The Balaban J connectivity index is 1.98. The van der Waals surface area contributed by atoms with Gasteiger partial charge < -0.3 is 24.5 Å². The quantitative estimate of drug-likeness (QED) is 0.293. The summed E-state index contributed by atoms with van der Waals surface area (Å²) >= 11 is 0. The molecule has 0 aliphatic rings. The molecule has 2 heterocycles. The molecule has 0 atom stereocenters. The number of fused-ring (bicyclic) bond motifs is 1. The zero-order chi connectivity index (χ0) is 30.8. The third kappa shape index (κ3) is 8.82. The van der Waals surface area contributed by atoms with Crippen molar-refractivity contribution < 1.29 is 28.6 Å². The lowest BCUT2D eigenvalue weighted by Gasteiger charge is -2.30. The van der Waals surface area contributed by atoms with Crippen LogP contribution in [-0.2, 0) is 14.2 Å². The van der Waals surface area contributed by atoms with Crippen molar-refractivity contribution in [1.82, 2.24) is 19.4 Å². The van der Waals surface area contributed by atoms with E-state index in [0.29, 0.717) is 11.5 Å². The summed E-state index contributed by atoms with van der Waals surface area (Å²) in [5.41, 5.74) is 4.84. The summed E-state index contributed by atoms with van der Waals surface area (Å²) in [4.78, 5) is 50.3. The number of imide groups is 1. The lowest BCUT2D eigenvalue weighted by atomic mass is 10.2. The van der Waals surface area contributed by atoms with Gasteiger partial charge in [-0.2, -0.15) is 4.98 Å². The maximum absolute atomic E-state index is 13.4. The zero-order valence-corrected chi connectivity index (χ0v) is 25.2. The van der Waals surface area contributed by atoms with Gasteiger partial charge in [-0.05, 0) is 92.6 Å². The second kappa shape index (κ2) is 11.6. The number of hydrogen-bond acceptors (Lipinski definition) is 9. The summed E-state index contributed by atoms with van der Waals surface area (Å²) < 4.78 is 18.3. The van der Waals surface area contributed by atoms with Crippen LogP contribution in [0.2, 0.25) is 0 Å². The fourth-order valence-corrected chi connectivity index (χ4v) is 3.65. The second-order valence-corrected chi connectivity index (χ2v) is 12.5. The van der Waals surface area contributed by atoms with E-state index in [1.807, 2.05) is 29.0 Å². The minimum atomic E-state index is -0.913. The number of carbonyl (C=O) groups is 3. The average Bonchev–Trinajstić information content (AvgIpc) is 3.21. The van der Waals surface area contributed by atoms with Crippen molar-refractivity contribution in [2.75, 3.05) is 23.7 Å². The zero-order valence-electron chi connectivity index (χ0n) is 25.2. The second-order valence-electron chi connectivity index (χ2n) is 12.5. The molecule has 0 aliphatic carbocycles. The molecule has 0 aliphatic heterocycles. The molecule has 3 aromatic rings. The van der Waals surface area contributed by atoms with E-state index in [9.17, 15) is 14.4 Å². The lowest BCUT2D eigenvalue weighted by molar-refractivity contribution is 0.00152. The number of hydrogen-bond donors (Lipinski definition) is 1. The molecule has 0 saturated carbocycles. The Kier molecular flexibility index (Phi) is 8.85. The number of ether oxygens (including phenoxy) is 3. The molecular weight excluding hydrogens is 528 g/mol. The standard InChI is InChI=1S/C29H40N6O6/c1-27(2,3)39-24(36)34(16-17-35(25(37)40-28(4,5)6)26(38)41-29(7,8)9)23-31-14-12-22(32-23)33-15-13-19-18-20(30)10-11-21(19)33/h10-15,18H,16-17,30H2,1-9H3. The molecule has 0 spiro atoms. The normalized spacial score (nSPS) is 12.1. The smallest absolute Gasteiger partial charge is 0.419 e. The summed E-state index contributed by atoms with van der Waals surface area (Å²) in [5.74, 6) is 0.502. The predicted octanol–water partition coefficient (Wildman–Crippen LogP) is 5.92. The monoisotopic (exact) mass is 568 g/mol. The molecule has 12 heteroatoms. The van der Waals surface area contributed by atoms with Crippen LogP contribution in [0.25, 0.3) is 16.7 Å². The summed E-state index contributed by atoms with van der Waals surface area (Å²) in [7, 11) is 0. The van der Waals surface area contributed by atoms with Crippen LogP contribution in [0.15, 0.2) is 42.7 Å². The highest BCUT2D eigenvalue weighted by Gasteiger charge is 2.33. The van der Waals surface area contributed by atoms with Gasteiger partial charge in [0.05, 0.1) is 18.6 Å². The van der Waals surface area contributed by atoms with Crippen LogP contribution >= 0.6 is 0 Å². The van der Waals surface area contributed by atoms with E-state index < -0.39 is 35.1 Å². The summed E-state index contributed by atoms with van der Waals surface area (Å²) in [6, 6.07) is 9.11. The van der Waals surface area contributed by atoms with Crippen molar-refractivity contribution in [3.05, 3.63) is 42.7 Å². The highest BCUT2D eigenvalue weighted by molar-refractivity contribution is 5.89. The average molecular weight is 569 g/mol. The van der Waals surface area contributed by atoms with E-state index in [0.717, 1.165) is 15.8 Å². The molecule has 12 nitrogen and oxygen atoms in total. The molecule has 41 heavy (non-hydrogen) atoms. The first-order valence-electron chi connectivity index (χ1n) is 13.3. The van der Waals surface area contributed by atoms with Crippen LogP contribution in [-0.4, -0.2) is 67.6 Å². The number of amides is 3. The van der Waals surface area contributed by atoms with Crippen LogP contribution in [0, 0.1) is 0 Å². The van der Waals surface area contributed by atoms with Crippen LogP contribution in [0.3, 0.4) is 0 Å². The molecule has 0 saturated heterocycles. The third-order valence-electron chi connectivity index (χ3n) is 5.22. The molecule has 0 unspecified atom stereocenters. The highest BCUT2D eigenvalue weighted by atomic mass is 16.6. The summed E-state index contributed by atoms with van der Waals surface area (Å²) in [6.07, 6.45) is 0.763. The molecule has 1 aromatic carbocycles. The fraction of sp³-hybridized carbons (Fsp3) is 0.483. The first-order chi connectivity index (χ1) is 18.8. The van der Waals surface area contributed by atoms with E-state index in [2.05, 4.69) is 9.97 Å². The largest absolute Gasteiger partial charge is 0.443 e. The number of nitrogen functional groups attached to an aromatic ring is 1. The first-order valence-corrected chi connectivity index (χ1v) is 13.3. The van der Waals surface area contributed by atoms with Crippen molar-refractivity contribution in [2.45, 2.75) is 79.1 Å². The molecule has 3 rings (SSSR count). The van der Waals surface area contributed by atoms with Gasteiger partial charge in [-0.25, -0.2) is 29.2 Å². The van der Waals surface area contributed by atoms with Crippen LogP contribution in [0.4, 0.5) is 26.0 Å². The SMILES string of the molecule is CC(C)(C)OC(=O)N(CCN(C(=O)OC(C)(C)C)c1nccc(-n2ccc3cc(N)ccc32)n1)C(=O)OC(C)(C)C. The molecule has 0 radical (unpaired) electrons. The Morgan fingerprint density at radius 1 is 0.805 bits per heavy atom. The maximum atomic E-state index is 13.4. The van der Waals surface area contributed by atoms with Crippen LogP contribution in [0.5, 0.6) is 0 Å². The summed E-state index contributed by atoms with van der Waals surface area (Å²) in [6.45, 7) is 14.8. The Labute approximate surface area is 240 Å². The van der Waals surface area contributed by atoms with Crippen LogP contribution in [0.1, 0.15) is 62.3 Å². The topological polar surface area (TPSA) is 142 Å². The lowest BCUT2D eigenvalue weighted by Crippen LogP contribution is -2.48. The minimum absolute atomic E-state index is 0.0161. The number of nitrogens with two attached hydrogens (primary N) is 1. The van der Waals surface area contributed by atoms with E-state index in [-0.39, 0.29) is 19.0 Å². The van der Waals surface area contributed by atoms with Gasteiger partial charge in [0.15, 0.2) is 0 Å². The molecule has 0 bridgehead atoms. The van der Waals surface area contributed by atoms with Crippen molar-refractivity contribution in [3.8, 4) is 5.82 Å². The van der Waals surface area contributed by atoms with Gasteiger partial charge >= 0.3 is 18.3 Å². The van der Waals surface area contributed by atoms with Gasteiger partial charge in [0, 0.05) is 23.5 Å². The maximum Gasteiger partial charge on any atom is 0.419 e. The number of benzene rings is 1. The Hall–Kier alpha value is -4.35. The molecule has 2 N–H and O–H groups in total. The van der Waals surface area contributed by atoms with Crippen molar-refractivity contribution in [2.24, 2.45) is 0 Å². The summed E-state index contributed by atoms with van der Waals surface area (Å²) in [5, 5.41) is 0.916. The van der Waals surface area contributed by atoms with Crippen molar-refractivity contribution in [1.29, 1.82) is 0 Å². The first kappa shape index (κ1) is 31.2. The van der Waals surface area contributed by atoms with E-state index in [1.54, 1.807) is 74.4 Å². The van der Waals surface area contributed by atoms with Crippen molar-refractivity contribution in [3.63, 3.8) is 0 Å². The molecule has 222 valence electrons. The van der Waals surface area contributed by atoms with E-state index in [4.69, 9.17) is 19.9 Å². The van der Waals surface area contributed by atoms with E-state index in [1.165, 1.54) is 11.1 Å². The van der Waals surface area contributed by atoms with Gasteiger partial charge in [-0.1, -0.05) is 0 Å². The van der Waals surface area contributed by atoms with Crippen LogP contribution < -0.4 is 10.6 Å². The number of rotatable bonds is 5. The van der Waals surface area contributed by atoms with Gasteiger partial charge in [-0.15, -0.1) is 0 Å². The number of anilines is 2. The molecule has 0 fully saturated rings. The van der Waals surface area contributed by atoms with Gasteiger partial charge in [-0.3, -0.25) is 0 Å². The fourth-order valence-electron chi connectivity index (χ4n) is 3.65. The Bertz CT molecular complexity index is 1390. The minimum Gasteiger partial charge on any atom is -0.443 e. The number of nitrogens with zero attached hydrogens (tertiary/aromatic N) is 5. The molecule has 3 amide bonds. The van der Waals surface area contributed by atoms with Gasteiger partial charge in [0.25, 0.3) is 0 Å². The number of carbonyl (C=O) groups excluding carboxylic acids is 3. The third-order valence-corrected chi connectivity index (χ3v) is 5.22. The van der Waals surface area contributed by atoms with Gasteiger partial charge in [0.1, 0.15) is 22.6 Å².